The van der Waals surface area contributed by atoms with Gasteiger partial charge < -0.3 is 5.73 Å². The summed E-state index contributed by atoms with van der Waals surface area (Å²) in [7, 11) is 0. The summed E-state index contributed by atoms with van der Waals surface area (Å²) >= 11 is 5.96. The smallest absolute Gasteiger partial charge is 0.224 e. The molecule has 1 aromatic rings. The van der Waals surface area contributed by atoms with Gasteiger partial charge in [-0.05, 0) is 31.0 Å². The topological polar surface area (TPSA) is 43.1 Å². The van der Waals surface area contributed by atoms with Crippen molar-refractivity contribution in [2.24, 2.45) is 5.73 Å². The van der Waals surface area contributed by atoms with Crippen LogP contribution < -0.4 is 5.73 Å². The third-order valence-corrected chi connectivity index (χ3v) is 2.46. The number of rotatable bonds is 2. The van der Waals surface area contributed by atoms with Crippen molar-refractivity contribution >= 4 is 17.5 Å². The van der Waals surface area contributed by atoms with Gasteiger partial charge in [-0.2, -0.15) is 0 Å². The first-order chi connectivity index (χ1) is 6.04. The molecule has 2 N–H and O–H groups in total. The van der Waals surface area contributed by atoms with Crippen molar-refractivity contribution < 1.29 is 4.79 Å². The van der Waals surface area contributed by atoms with Crippen molar-refractivity contribution in [3.8, 4) is 0 Å². The molecule has 0 fully saturated rings. The highest BCUT2D eigenvalue weighted by atomic mass is 35.5. The van der Waals surface area contributed by atoms with Gasteiger partial charge in [0.15, 0.2) is 0 Å². The van der Waals surface area contributed by atoms with Crippen LogP contribution in [0.4, 0.5) is 0 Å². The summed E-state index contributed by atoms with van der Waals surface area (Å²) < 4.78 is 0. The van der Waals surface area contributed by atoms with Gasteiger partial charge in [0.1, 0.15) is 0 Å². The number of halogens is 1. The zero-order valence-corrected chi connectivity index (χ0v) is 8.43. The Bertz CT molecular complexity index is 315. The SMILES string of the molecule is Cc1cccc(Cl)c1C(C)C(N)=O. The predicted octanol–water partition coefficient (Wildman–Crippen LogP) is 2.24. The molecular weight excluding hydrogens is 186 g/mol. The van der Waals surface area contributed by atoms with Gasteiger partial charge in [-0.15, -0.1) is 0 Å². The van der Waals surface area contributed by atoms with E-state index in [1.54, 1.807) is 13.0 Å². The molecule has 1 rings (SSSR count). The van der Waals surface area contributed by atoms with Crippen molar-refractivity contribution in [3.05, 3.63) is 34.3 Å². The average Bonchev–Trinajstić information content (AvgIpc) is 2.03. The van der Waals surface area contributed by atoms with Crippen LogP contribution in [0.5, 0.6) is 0 Å². The van der Waals surface area contributed by atoms with Crippen molar-refractivity contribution in [1.29, 1.82) is 0 Å². The van der Waals surface area contributed by atoms with Gasteiger partial charge in [0, 0.05) is 5.02 Å². The van der Waals surface area contributed by atoms with E-state index < -0.39 is 0 Å². The molecule has 1 aromatic carbocycles. The summed E-state index contributed by atoms with van der Waals surface area (Å²) in [5.74, 6) is -0.676. The van der Waals surface area contributed by atoms with Gasteiger partial charge in [0.05, 0.1) is 5.92 Å². The molecule has 0 saturated carbocycles. The van der Waals surface area contributed by atoms with Crippen LogP contribution in [0.25, 0.3) is 0 Å². The molecule has 0 bridgehead atoms. The Morgan fingerprint density at radius 1 is 1.54 bits per heavy atom. The summed E-state index contributed by atoms with van der Waals surface area (Å²) in [6, 6.07) is 5.54. The van der Waals surface area contributed by atoms with Crippen LogP contribution >= 0.6 is 11.6 Å². The molecule has 1 atom stereocenters. The van der Waals surface area contributed by atoms with Gasteiger partial charge in [-0.3, -0.25) is 4.79 Å². The number of carbonyl (C=O) groups excluding carboxylic acids is 1. The minimum Gasteiger partial charge on any atom is -0.369 e. The number of amides is 1. The van der Waals surface area contributed by atoms with E-state index in [0.29, 0.717) is 5.02 Å². The summed E-state index contributed by atoms with van der Waals surface area (Å²) in [5.41, 5.74) is 7.04. The molecule has 0 aliphatic heterocycles. The normalized spacial score (nSPS) is 12.5. The molecule has 0 spiro atoms. The van der Waals surface area contributed by atoms with Crippen LogP contribution in [0.1, 0.15) is 24.0 Å². The van der Waals surface area contributed by atoms with Crippen molar-refractivity contribution in [2.75, 3.05) is 0 Å². The fraction of sp³-hybridized carbons (Fsp3) is 0.300. The molecule has 0 heterocycles. The number of aryl methyl sites for hydroxylation is 1. The number of carbonyl (C=O) groups is 1. The zero-order valence-electron chi connectivity index (χ0n) is 7.67. The summed E-state index contributed by atoms with van der Waals surface area (Å²) in [6.07, 6.45) is 0. The Morgan fingerprint density at radius 3 is 2.62 bits per heavy atom. The van der Waals surface area contributed by atoms with Crippen LogP contribution in [0, 0.1) is 6.92 Å². The second-order valence-corrected chi connectivity index (χ2v) is 3.50. The van der Waals surface area contributed by atoms with E-state index in [-0.39, 0.29) is 11.8 Å². The Balaban J connectivity index is 3.20. The lowest BCUT2D eigenvalue weighted by molar-refractivity contribution is -0.119. The van der Waals surface area contributed by atoms with Crippen LogP contribution in [0.15, 0.2) is 18.2 Å². The van der Waals surface area contributed by atoms with E-state index in [0.717, 1.165) is 11.1 Å². The number of nitrogens with two attached hydrogens (primary N) is 1. The quantitative estimate of drug-likeness (QED) is 0.777. The highest BCUT2D eigenvalue weighted by Gasteiger charge is 2.16. The van der Waals surface area contributed by atoms with Gasteiger partial charge in [-0.1, -0.05) is 23.7 Å². The monoisotopic (exact) mass is 197 g/mol. The highest BCUT2D eigenvalue weighted by Crippen LogP contribution is 2.27. The maximum Gasteiger partial charge on any atom is 0.224 e. The molecule has 2 nitrogen and oxygen atoms in total. The second-order valence-electron chi connectivity index (χ2n) is 3.09. The summed E-state index contributed by atoms with van der Waals surface area (Å²) in [5, 5.41) is 0.603. The Morgan fingerprint density at radius 2 is 2.15 bits per heavy atom. The van der Waals surface area contributed by atoms with Gasteiger partial charge >= 0.3 is 0 Å². The standard InChI is InChI=1S/C10H12ClNO/c1-6-4-3-5-8(11)9(6)7(2)10(12)13/h3-5,7H,1-2H3,(H2,12,13). The van der Waals surface area contributed by atoms with Gasteiger partial charge in [-0.25, -0.2) is 0 Å². The van der Waals surface area contributed by atoms with E-state index in [1.807, 2.05) is 19.1 Å². The lowest BCUT2D eigenvalue weighted by Crippen LogP contribution is -2.19. The van der Waals surface area contributed by atoms with Crippen LogP contribution in [0.3, 0.4) is 0 Å². The van der Waals surface area contributed by atoms with E-state index in [2.05, 4.69) is 0 Å². The molecule has 1 amide bonds. The highest BCUT2D eigenvalue weighted by molar-refractivity contribution is 6.31. The first-order valence-electron chi connectivity index (χ1n) is 4.08. The molecule has 0 saturated heterocycles. The molecule has 0 aromatic heterocycles. The summed E-state index contributed by atoms with van der Waals surface area (Å²) in [6.45, 7) is 3.68. The van der Waals surface area contributed by atoms with Crippen molar-refractivity contribution in [1.82, 2.24) is 0 Å². The number of hydrogen-bond donors (Lipinski definition) is 1. The number of hydrogen-bond acceptors (Lipinski definition) is 1. The Kier molecular flexibility index (Phi) is 2.94. The number of benzene rings is 1. The van der Waals surface area contributed by atoms with Gasteiger partial charge in [0.2, 0.25) is 5.91 Å². The molecule has 13 heavy (non-hydrogen) atoms. The fourth-order valence-electron chi connectivity index (χ4n) is 1.34. The Labute approximate surface area is 82.7 Å². The van der Waals surface area contributed by atoms with E-state index in [4.69, 9.17) is 17.3 Å². The predicted molar refractivity (Wildman–Crippen MR) is 53.8 cm³/mol. The van der Waals surface area contributed by atoms with E-state index in [9.17, 15) is 4.79 Å². The molecule has 0 aliphatic rings. The lowest BCUT2D eigenvalue weighted by atomic mass is 9.96. The first kappa shape index (κ1) is 10.1. The minimum absolute atomic E-state index is 0.325. The molecule has 70 valence electrons. The Hall–Kier alpha value is -1.02. The third kappa shape index (κ3) is 2.01. The molecule has 0 aliphatic carbocycles. The lowest BCUT2D eigenvalue weighted by Gasteiger charge is -2.12. The van der Waals surface area contributed by atoms with Crippen molar-refractivity contribution in [2.45, 2.75) is 19.8 Å². The van der Waals surface area contributed by atoms with Crippen LogP contribution in [-0.2, 0) is 4.79 Å². The largest absolute Gasteiger partial charge is 0.369 e. The second kappa shape index (κ2) is 3.79. The fourth-order valence-corrected chi connectivity index (χ4v) is 1.72. The average molecular weight is 198 g/mol. The molecule has 1 unspecified atom stereocenters. The van der Waals surface area contributed by atoms with Crippen molar-refractivity contribution in [3.63, 3.8) is 0 Å². The van der Waals surface area contributed by atoms with Gasteiger partial charge in [0.25, 0.3) is 0 Å². The molecular formula is C10H12ClNO. The first-order valence-corrected chi connectivity index (χ1v) is 4.46. The number of primary amides is 1. The maximum absolute atomic E-state index is 11.0. The van der Waals surface area contributed by atoms with Crippen LogP contribution in [-0.4, -0.2) is 5.91 Å². The molecule has 0 radical (unpaired) electrons. The minimum atomic E-state index is -0.351. The third-order valence-electron chi connectivity index (χ3n) is 2.13. The summed E-state index contributed by atoms with van der Waals surface area (Å²) in [4.78, 5) is 11.0. The van der Waals surface area contributed by atoms with E-state index in [1.165, 1.54) is 0 Å². The zero-order chi connectivity index (χ0) is 10.0. The van der Waals surface area contributed by atoms with Crippen LogP contribution in [0.2, 0.25) is 5.02 Å². The van der Waals surface area contributed by atoms with E-state index >= 15 is 0 Å². The molecule has 3 heteroatoms. The maximum atomic E-state index is 11.0.